The molecule has 1 unspecified atom stereocenters. The molecule has 2 aliphatic heterocycles. The van der Waals surface area contributed by atoms with Crippen molar-refractivity contribution in [3.8, 4) is 5.75 Å². The molecule has 5 heteroatoms. The lowest BCUT2D eigenvalue weighted by Crippen LogP contribution is -2.47. The van der Waals surface area contributed by atoms with E-state index in [4.69, 9.17) is 25.8 Å². The maximum atomic E-state index is 13.3. The van der Waals surface area contributed by atoms with Crippen LogP contribution in [0.4, 0.5) is 4.39 Å². The summed E-state index contributed by atoms with van der Waals surface area (Å²) >= 11 is 5.88. The molecule has 1 atom stereocenters. The van der Waals surface area contributed by atoms with E-state index in [0.29, 0.717) is 17.9 Å². The molecule has 2 fully saturated rings. The Morgan fingerprint density at radius 1 is 1.29 bits per heavy atom. The third kappa shape index (κ3) is 3.50. The molecule has 3 rings (SSSR count). The van der Waals surface area contributed by atoms with Gasteiger partial charge in [0.25, 0.3) is 0 Å². The summed E-state index contributed by atoms with van der Waals surface area (Å²) in [7, 11) is 0. The average Bonchev–Trinajstić information content (AvgIpc) is 2.50. The minimum atomic E-state index is -0.286. The number of ether oxygens (including phenoxy) is 3. The van der Waals surface area contributed by atoms with Crippen LogP contribution in [0.25, 0.3) is 0 Å². The van der Waals surface area contributed by atoms with Gasteiger partial charge in [0.2, 0.25) is 0 Å². The Hall–Kier alpha value is -0.840. The van der Waals surface area contributed by atoms with Crippen molar-refractivity contribution >= 4 is 11.6 Å². The molecule has 0 aliphatic carbocycles. The molecule has 0 radical (unpaired) electrons. The Morgan fingerprint density at radius 2 is 2.10 bits per heavy atom. The lowest BCUT2D eigenvalue weighted by atomic mass is 9.85. The summed E-state index contributed by atoms with van der Waals surface area (Å²) in [5, 5.41) is 0. The average molecular weight is 315 g/mol. The Labute approximate surface area is 129 Å². The lowest BCUT2D eigenvalue weighted by Gasteiger charge is -2.43. The predicted octanol–water partition coefficient (Wildman–Crippen LogP) is 3.67. The van der Waals surface area contributed by atoms with E-state index in [1.807, 2.05) is 0 Å². The summed E-state index contributed by atoms with van der Waals surface area (Å²) in [5.41, 5.74) is 0.590. The summed E-state index contributed by atoms with van der Waals surface area (Å²) in [6.45, 7) is 2.19. The van der Waals surface area contributed by atoms with Crippen LogP contribution in [0.15, 0.2) is 18.2 Å². The molecule has 0 bridgehead atoms. The van der Waals surface area contributed by atoms with Crippen LogP contribution in [-0.2, 0) is 15.4 Å². The van der Waals surface area contributed by atoms with Gasteiger partial charge in [-0.15, -0.1) is 11.6 Å². The maximum absolute atomic E-state index is 13.3. The molecular weight excluding hydrogens is 295 g/mol. The number of halogens is 2. The molecule has 2 heterocycles. The molecule has 2 aliphatic rings. The Kier molecular flexibility index (Phi) is 4.67. The Bertz CT molecular complexity index is 483. The molecule has 1 aromatic carbocycles. The highest BCUT2D eigenvalue weighted by molar-refractivity contribution is 6.17. The van der Waals surface area contributed by atoms with Crippen molar-refractivity contribution in [3.63, 3.8) is 0 Å². The van der Waals surface area contributed by atoms with Crippen LogP contribution in [0.1, 0.15) is 31.2 Å². The van der Waals surface area contributed by atoms with E-state index in [9.17, 15) is 4.39 Å². The largest absolute Gasteiger partial charge is 0.490 e. The van der Waals surface area contributed by atoms with Gasteiger partial charge in [-0.3, -0.25) is 0 Å². The van der Waals surface area contributed by atoms with Gasteiger partial charge in [0.15, 0.2) is 0 Å². The van der Waals surface area contributed by atoms with Gasteiger partial charge in [-0.05, 0) is 31.0 Å². The minimum absolute atomic E-state index is 0.0873. The summed E-state index contributed by atoms with van der Waals surface area (Å²) in [5.74, 6) is 0.640. The lowest BCUT2D eigenvalue weighted by molar-refractivity contribution is -0.155. The monoisotopic (exact) mass is 314 g/mol. The smallest absolute Gasteiger partial charge is 0.124 e. The molecule has 0 amide bonds. The summed E-state index contributed by atoms with van der Waals surface area (Å²) in [6, 6.07) is 4.51. The number of rotatable bonds is 3. The van der Waals surface area contributed by atoms with Gasteiger partial charge in [0.1, 0.15) is 17.7 Å². The SMILES string of the molecule is Fc1ccc(OC2CCOC3(CCOCC3)C2)c(CCl)c1. The quantitative estimate of drug-likeness (QED) is 0.797. The normalized spacial score (nSPS) is 25.0. The zero-order chi connectivity index (χ0) is 14.7. The summed E-state index contributed by atoms with van der Waals surface area (Å²) in [6.07, 6.45) is 3.62. The van der Waals surface area contributed by atoms with Gasteiger partial charge in [-0.1, -0.05) is 0 Å². The van der Waals surface area contributed by atoms with Crippen LogP contribution >= 0.6 is 11.6 Å². The van der Waals surface area contributed by atoms with E-state index < -0.39 is 0 Å². The number of hydrogen-bond donors (Lipinski definition) is 0. The molecule has 0 aromatic heterocycles. The standard InChI is InChI=1S/C16H20ClFO3/c17-11-12-9-13(18)1-2-15(12)21-14-3-6-20-16(10-14)4-7-19-8-5-16/h1-2,9,14H,3-8,10-11H2. The second-order valence-electron chi connectivity index (χ2n) is 5.76. The van der Waals surface area contributed by atoms with E-state index in [-0.39, 0.29) is 23.4 Å². The molecule has 1 aromatic rings. The van der Waals surface area contributed by atoms with E-state index >= 15 is 0 Å². The molecule has 2 saturated heterocycles. The highest BCUT2D eigenvalue weighted by atomic mass is 35.5. The first kappa shape index (κ1) is 15.1. The van der Waals surface area contributed by atoms with Crippen molar-refractivity contribution in [3.05, 3.63) is 29.6 Å². The second-order valence-corrected chi connectivity index (χ2v) is 6.03. The molecule has 0 saturated carbocycles. The molecule has 0 N–H and O–H groups in total. The zero-order valence-electron chi connectivity index (χ0n) is 11.9. The van der Waals surface area contributed by atoms with E-state index in [1.165, 1.54) is 12.1 Å². The van der Waals surface area contributed by atoms with Crippen LogP contribution in [-0.4, -0.2) is 31.5 Å². The molecular formula is C16H20ClFO3. The molecule has 116 valence electrons. The fraction of sp³-hybridized carbons (Fsp3) is 0.625. The Morgan fingerprint density at radius 3 is 2.86 bits per heavy atom. The maximum Gasteiger partial charge on any atom is 0.124 e. The van der Waals surface area contributed by atoms with Crippen molar-refractivity contribution in [2.45, 2.75) is 43.3 Å². The van der Waals surface area contributed by atoms with Crippen LogP contribution < -0.4 is 4.74 Å². The van der Waals surface area contributed by atoms with Crippen LogP contribution in [0.5, 0.6) is 5.75 Å². The van der Waals surface area contributed by atoms with Gasteiger partial charge in [0.05, 0.1) is 18.1 Å². The third-order valence-corrected chi connectivity index (χ3v) is 4.60. The van der Waals surface area contributed by atoms with Crippen molar-refractivity contribution in [2.75, 3.05) is 19.8 Å². The zero-order valence-corrected chi connectivity index (χ0v) is 12.7. The summed E-state index contributed by atoms with van der Waals surface area (Å²) < 4.78 is 30.8. The fourth-order valence-corrected chi connectivity index (χ4v) is 3.33. The first-order chi connectivity index (χ1) is 10.2. The third-order valence-electron chi connectivity index (χ3n) is 4.31. The van der Waals surface area contributed by atoms with Crippen LogP contribution in [0.2, 0.25) is 0 Å². The van der Waals surface area contributed by atoms with E-state index in [0.717, 1.165) is 38.9 Å². The van der Waals surface area contributed by atoms with Gasteiger partial charge < -0.3 is 14.2 Å². The number of alkyl halides is 1. The highest BCUT2D eigenvalue weighted by Crippen LogP contribution is 2.36. The topological polar surface area (TPSA) is 27.7 Å². The first-order valence-corrected chi connectivity index (χ1v) is 7.97. The predicted molar refractivity (Wildman–Crippen MR) is 78.3 cm³/mol. The molecule has 3 nitrogen and oxygen atoms in total. The van der Waals surface area contributed by atoms with Gasteiger partial charge in [-0.25, -0.2) is 4.39 Å². The Balaban J connectivity index is 1.70. The van der Waals surface area contributed by atoms with Crippen molar-refractivity contribution in [2.24, 2.45) is 0 Å². The minimum Gasteiger partial charge on any atom is -0.490 e. The van der Waals surface area contributed by atoms with E-state index in [2.05, 4.69) is 0 Å². The molecule has 1 spiro atoms. The van der Waals surface area contributed by atoms with Crippen molar-refractivity contribution in [1.82, 2.24) is 0 Å². The fourth-order valence-electron chi connectivity index (χ4n) is 3.12. The van der Waals surface area contributed by atoms with Gasteiger partial charge >= 0.3 is 0 Å². The molecule has 21 heavy (non-hydrogen) atoms. The number of benzene rings is 1. The first-order valence-electron chi connectivity index (χ1n) is 7.43. The van der Waals surface area contributed by atoms with E-state index in [1.54, 1.807) is 6.07 Å². The van der Waals surface area contributed by atoms with Gasteiger partial charge in [-0.2, -0.15) is 0 Å². The summed E-state index contributed by atoms with van der Waals surface area (Å²) in [4.78, 5) is 0. The number of hydrogen-bond acceptors (Lipinski definition) is 3. The van der Waals surface area contributed by atoms with Crippen molar-refractivity contribution in [1.29, 1.82) is 0 Å². The van der Waals surface area contributed by atoms with Crippen molar-refractivity contribution < 1.29 is 18.6 Å². The van der Waals surface area contributed by atoms with Crippen LogP contribution in [0.3, 0.4) is 0 Å². The van der Waals surface area contributed by atoms with Gasteiger partial charge in [0, 0.05) is 31.6 Å². The second kappa shape index (κ2) is 6.51. The van der Waals surface area contributed by atoms with Crippen LogP contribution in [0, 0.1) is 5.82 Å². The highest BCUT2D eigenvalue weighted by Gasteiger charge is 2.40.